The Morgan fingerprint density at radius 2 is 1.42 bits per heavy atom. The van der Waals surface area contributed by atoms with Gasteiger partial charge in [-0.05, 0) is 0 Å². The molecule has 0 saturated carbocycles. The van der Waals surface area contributed by atoms with Crippen molar-refractivity contribution in [1.29, 1.82) is 0 Å². The number of nitrogens with two attached hydrogens (primary N) is 1. The zero-order valence-electron chi connectivity index (χ0n) is 5.40. The highest BCUT2D eigenvalue weighted by molar-refractivity contribution is 7.89. The second-order valence-corrected chi connectivity index (χ2v) is 3.62. The third-order valence-electron chi connectivity index (χ3n) is 0.797. The second kappa shape index (κ2) is 2.80. The van der Waals surface area contributed by atoms with Crippen molar-refractivity contribution in [3.63, 3.8) is 0 Å². The minimum absolute atomic E-state index is 2.43. The van der Waals surface area contributed by atoms with Crippen LogP contribution in [-0.4, -0.2) is 26.3 Å². The average molecular weight is 213 g/mol. The lowest BCUT2D eigenvalue weighted by atomic mass is 10.4. The maximum absolute atomic E-state index is 11.8. The number of halogens is 5. The predicted molar refractivity (Wildman–Crippen MR) is 29.0 cm³/mol. The van der Waals surface area contributed by atoms with Crippen LogP contribution in [0.3, 0.4) is 0 Å². The van der Waals surface area contributed by atoms with E-state index >= 15 is 0 Å². The third-order valence-corrected chi connectivity index (χ3v) is 1.56. The number of alkyl halides is 5. The molecule has 0 atom stereocenters. The fourth-order valence-electron chi connectivity index (χ4n) is 0.335. The highest BCUT2D eigenvalue weighted by Gasteiger charge is 2.59. The number of hydrogen-bond acceptors (Lipinski definition) is 2. The molecule has 12 heavy (non-hydrogen) atoms. The van der Waals surface area contributed by atoms with E-state index in [1.54, 1.807) is 0 Å². The zero-order chi connectivity index (χ0) is 10.2. The fourth-order valence-corrected chi connectivity index (χ4v) is 1.00. The average Bonchev–Trinajstić information content (AvgIpc) is 1.52. The van der Waals surface area contributed by atoms with Crippen LogP contribution in [0.2, 0.25) is 0 Å². The van der Waals surface area contributed by atoms with Gasteiger partial charge in [0.2, 0.25) is 10.0 Å². The summed E-state index contributed by atoms with van der Waals surface area (Å²) in [6.07, 6.45) is -5.89. The molecule has 0 saturated heterocycles. The largest absolute Gasteiger partial charge is 0.454 e. The van der Waals surface area contributed by atoms with Gasteiger partial charge in [-0.25, -0.2) is 13.6 Å². The standard InChI is InChI=1S/C3H4F5NO2S/c4-2(5,3(6,7)8)1-12(9,10)11/h1H2,(H2,9,10,11). The maximum atomic E-state index is 11.8. The minimum Gasteiger partial charge on any atom is -0.229 e. The first kappa shape index (κ1) is 11.6. The third kappa shape index (κ3) is 3.30. The van der Waals surface area contributed by atoms with Gasteiger partial charge in [-0.3, -0.25) is 0 Å². The Bertz CT molecular complexity index is 254. The molecule has 0 rings (SSSR count). The van der Waals surface area contributed by atoms with Gasteiger partial charge in [0.1, 0.15) is 5.75 Å². The highest BCUT2D eigenvalue weighted by Crippen LogP contribution is 2.35. The van der Waals surface area contributed by atoms with E-state index in [0.29, 0.717) is 0 Å². The van der Waals surface area contributed by atoms with Gasteiger partial charge in [-0.2, -0.15) is 22.0 Å². The zero-order valence-corrected chi connectivity index (χ0v) is 6.22. The molecule has 2 N–H and O–H groups in total. The molecule has 9 heteroatoms. The molecule has 0 aliphatic carbocycles. The van der Waals surface area contributed by atoms with Crippen LogP contribution in [0.1, 0.15) is 0 Å². The summed E-state index contributed by atoms with van der Waals surface area (Å²) in [5.74, 6) is -7.72. The molecule has 0 aliphatic heterocycles. The first-order valence-corrected chi connectivity index (χ1v) is 4.12. The van der Waals surface area contributed by atoms with E-state index in [4.69, 9.17) is 0 Å². The maximum Gasteiger partial charge on any atom is 0.454 e. The van der Waals surface area contributed by atoms with Gasteiger partial charge in [0.15, 0.2) is 0 Å². The van der Waals surface area contributed by atoms with Gasteiger partial charge in [0.05, 0.1) is 0 Å². The molecular formula is C3H4F5NO2S. The monoisotopic (exact) mass is 213 g/mol. The molecule has 0 aliphatic rings. The van der Waals surface area contributed by atoms with Crippen LogP contribution in [0.4, 0.5) is 22.0 Å². The SMILES string of the molecule is NS(=O)(=O)CC(F)(F)C(F)(F)F. The van der Waals surface area contributed by atoms with Gasteiger partial charge in [-0.15, -0.1) is 0 Å². The van der Waals surface area contributed by atoms with Crippen molar-refractivity contribution >= 4 is 10.0 Å². The summed E-state index contributed by atoms with van der Waals surface area (Å²) in [4.78, 5) is 0. The van der Waals surface area contributed by atoms with Crippen molar-refractivity contribution in [1.82, 2.24) is 0 Å². The molecule has 0 bridgehead atoms. The first-order chi connectivity index (χ1) is 4.96. The van der Waals surface area contributed by atoms with E-state index in [1.807, 2.05) is 0 Å². The van der Waals surface area contributed by atoms with Gasteiger partial charge < -0.3 is 0 Å². The summed E-state index contributed by atoms with van der Waals surface area (Å²) in [6, 6.07) is 0. The lowest BCUT2D eigenvalue weighted by Gasteiger charge is -2.17. The quantitative estimate of drug-likeness (QED) is 0.678. The van der Waals surface area contributed by atoms with Crippen LogP contribution in [-0.2, 0) is 10.0 Å². The van der Waals surface area contributed by atoms with E-state index in [1.165, 1.54) is 0 Å². The Kier molecular flexibility index (Phi) is 2.70. The molecule has 3 nitrogen and oxygen atoms in total. The number of hydrogen-bond donors (Lipinski definition) is 1. The Hall–Kier alpha value is -0.440. The van der Waals surface area contributed by atoms with Crippen LogP contribution in [0.25, 0.3) is 0 Å². The lowest BCUT2D eigenvalue weighted by Crippen LogP contribution is -2.44. The highest BCUT2D eigenvalue weighted by atomic mass is 32.2. The smallest absolute Gasteiger partial charge is 0.229 e. The van der Waals surface area contributed by atoms with Gasteiger partial charge >= 0.3 is 12.1 Å². The topological polar surface area (TPSA) is 60.2 Å². The number of rotatable bonds is 2. The van der Waals surface area contributed by atoms with Gasteiger partial charge in [0, 0.05) is 0 Å². The van der Waals surface area contributed by atoms with Gasteiger partial charge in [0.25, 0.3) is 0 Å². The van der Waals surface area contributed by atoms with Gasteiger partial charge in [-0.1, -0.05) is 0 Å². The summed E-state index contributed by atoms with van der Waals surface area (Å²) in [7, 11) is -4.83. The molecule has 0 heterocycles. The Balaban J connectivity index is 4.67. The summed E-state index contributed by atoms with van der Waals surface area (Å²) < 4.78 is 77.3. The molecule has 0 amide bonds. The lowest BCUT2D eigenvalue weighted by molar-refractivity contribution is -0.271. The van der Waals surface area contributed by atoms with E-state index in [2.05, 4.69) is 5.14 Å². The van der Waals surface area contributed by atoms with E-state index < -0.39 is 27.9 Å². The van der Waals surface area contributed by atoms with Crippen LogP contribution in [0.5, 0.6) is 0 Å². The Morgan fingerprint density at radius 1 is 1.08 bits per heavy atom. The molecular weight excluding hydrogens is 209 g/mol. The number of primary sulfonamides is 1. The molecule has 0 spiro atoms. The Morgan fingerprint density at radius 3 is 1.50 bits per heavy atom. The van der Waals surface area contributed by atoms with Crippen molar-refractivity contribution < 1.29 is 30.4 Å². The summed E-state index contributed by atoms with van der Waals surface area (Å²) >= 11 is 0. The van der Waals surface area contributed by atoms with Crippen molar-refractivity contribution in [2.24, 2.45) is 5.14 Å². The van der Waals surface area contributed by atoms with E-state index in [9.17, 15) is 30.4 Å². The first-order valence-electron chi connectivity index (χ1n) is 2.41. The molecule has 0 aromatic heterocycles. The summed E-state index contributed by atoms with van der Waals surface area (Å²) in [5, 5.41) is 4.01. The van der Waals surface area contributed by atoms with Crippen molar-refractivity contribution in [3.8, 4) is 0 Å². The van der Waals surface area contributed by atoms with Crippen LogP contribution in [0.15, 0.2) is 0 Å². The number of sulfonamides is 1. The van der Waals surface area contributed by atoms with E-state index in [-0.39, 0.29) is 0 Å². The van der Waals surface area contributed by atoms with Crippen molar-refractivity contribution in [3.05, 3.63) is 0 Å². The van der Waals surface area contributed by atoms with Crippen LogP contribution in [0, 0.1) is 0 Å². The fraction of sp³-hybridized carbons (Fsp3) is 1.00. The summed E-state index contributed by atoms with van der Waals surface area (Å²) in [5.41, 5.74) is 0. The van der Waals surface area contributed by atoms with E-state index in [0.717, 1.165) is 0 Å². The Labute approximate surface area is 64.4 Å². The van der Waals surface area contributed by atoms with Crippen molar-refractivity contribution in [2.75, 3.05) is 5.75 Å². The molecule has 0 unspecified atom stereocenters. The predicted octanol–water partition coefficient (Wildman–Crippen LogP) is 0.473. The van der Waals surface area contributed by atoms with Crippen LogP contribution >= 0.6 is 0 Å². The second-order valence-electron chi connectivity index (χ2n) is 2.01. The van der Waals surface area contributed by atoms with Crippen molar-refractivity contribution in [2.45, 2.75) is 12.1 Å². The van der Waals surface area contributed by atoms with Crippen LogP contribution < -0.4 is 5.14 Å². The molecule has 0 fully saturated rings. The molecule has 74 valence electrons. The minimum atomic E-state index is -5.89. The molecule has 0 aromatic carbocycles. The summed E-state index contributed by atoms with van der Waals surface area (Å²) in [6.45, 7) is 0. The molecule has 0 aromatic rings. The normalized spacial score (nSPS) is 14.8. The molecule has 0 radical (unpaired) electrons.